The fourth-order valence-corrected chi connectivity index (χ4v) is 0.844. The number of esters is 1. The Labute approximate surface area is 80.6 Å². The Balaban J connectivity index is 3.96. The monoisotopic (exact) mass is 213 g/mol. The first-order valence-electron chi connectivity index (χ1n) is 4.16. The molecule has 0 aliphatic heterocycles. The molecule has 0 fully saturated rings. The van der Waals surface area contributed by atoms with Crippen molar-refractivity contribution in [2.45, 2.75) is 26.1 Å². The molecule has 0 radical (unpaired) electrons. The summed E-state index contributed by atoms with van der Waals surface area (Å²) in [5.74, 6) is -1.12. The van der Waals surface area contributed by atoms with Gasteiger partial charge in [0.2, 0.25) is 0 Å². The van der Waals surface area contributed by atoms with Crippen LogP contribution in [-0.2, 0) is 9.53 Å². The van der Waals surface area contributed by atoms with Gasteiger partial charge in [0.25, 0.3) is 0 Å². The molecular weight excluding hydrogens is 199 g/mol. The van der Waals surface area contributed by atoms with E-state index >= 15 is 0 Å². The average molecular weight is 213 g/mol. The van der Waals surface area contributed by atoms with Gasteiger partial charge >= 0.3 is 12.1 Å². The summed E-state index contributed by atoms with van der Waals surface area (Å²) < 4.78 is 39.8. The molecule has 0 aromatic carbocycles. The summed E-state index contributed by atoms with van der Waals surface area (Å²) in [7, 11) is 1.20. The minimum Gasteiger partial charge on any atom is -0.469 e. The molecular formula is C8H14F3NO2. The van der Waals surface area contributed by atoms with Gasteiger partial charge in [0, 0.05) is 6.04 Å². The van der Waals surface area contributed by atoms with Crippen molar-refractivity contribution in [1.29, 1.82) is 0 Å². The third-order valence-electron chi connectivity index (χ3n) is 1.95. The van der Waals surface area contributed by atoms with Crippen LogP contribution in [0.3, 0.4) is 0 Å². The van der Waals surface area contributed by atoms with Gasteiger partial charge in [-0.3, -0.25) is 4.79 Å². The van der Waals surface area contributed by atoms with E-state index in [1.54, 1.807) is 0 Å². The van der Waals surface area contributed by atoms with Crippen LogP contribution in [0.25, 0.3) is 0 Å². The van der Waals surface area contributed by atoms with E-state index in [0.717, 1.165) is 0 Å². The smallest absolute Gasteiger partial charge is 0.401 e. The summed E-state index contributed by atoms with van der Waals surface area (Å²) >= 11 is 0. The number of methoxy groups -OCH3 is 1. The van der Waals surface area contributed by atoms with E-state index in [1.165, 1.54) is 21.0 Å². The third kappa shape index (κ3) is 5.06. The summed E-state index contributed by atoms with van der Waals surface area (Å²) in [6.45, 7) is 1.92. The fourth-order valence-electron chi connectivity index (χ4n) is 0.844. The number of nitrogens with one attached hydrogen (secondary N) is 1. The Kier molecular flexibility index (Phi) is 4.90. The minimum atomic E-state index is -4.26. The second kappa shape index (κ2) is 5.19. The molecule has 0 rings (SSSR count). The van der Waals surface area contributed by atoms with Gasteiger partial charge < -0.3 is 10.1 Å². The molecule has 0 amide bonds. The lowest BCUT2D eigenvalue weighted by Gasteiger charge is -2.19. The molecule has 3 nitrogen and oxygen atoms in total. The maximum atomic E-state index is 11.8. The average Bonchev–Trinajstić information content (AvgIpc) is 2.10. The van der Waals surface area contributed by atoms with Crippen LogP contribution in [0.15, 0.2) is 0 Å². The van der Waals surface area contributed by atoms with Crippen LogP contribution in [-0.4, -0.2) is 31.8 Å². The maximum Gasteiger partial charge on any atom is 0.401 e. The van der Waals surface area contributed by atoms with Gasteiger partial charge in [-0.25, -0.2) is 0 Å². The summed E-state index contributed by atoms with van der Waals surface area (Å²) in [6.07, 6.45) is -4.26. The normalized spacial score (nSPS) is 16.1. The lowest BCUT2D eigenvalue weighted by Crippen LogP contribution is -2.41. The SMILES string of the molecule is COC(=O)C(C)C(C)NCC(F)(F)F. The highest BCUT2D eigenvalue weighted by Gasteiger charge is 2.29. The Morgan fingerprint density at radius 3 is 2.29 bits per heavy atom. The van der Waals surface area contributed by atoms with Crippen molar-refractivity contribution in [3.05, 3.63) is 0 Å². The Morgan fingerprint density at radius 1 is 1.43 bits per heavy atom. The van der Waals surface area contributed by atoms with Crippen molar-refractivity contribution in [3.63, 3.8) is 0 Å². The first-order chi connectivity index (χ1) is 6.28. The molecule has 0 aromatic heterocycles. The molecule has 2 unspecified atom stereocenters. The molecule has 2 atom stereocenters. The van der Waals surface area contributed by atoms with Crippen molar-refractivity contribution in [3.8, 4) is 0 Å². The fraction of sp³-hybridized carbons (Fsp3) is 0.875. The molecule has 0 aliphatic carbocycles. The molecule has 0 aliphatic rings. The van der Waals surface area contributed by atoms with E-state index in [-0.39, 0.29) is 0 Å². The molecule has 0 heterocycles. The maximum absolute atomic E-state index is 11.8. The topological polar surface area (TPSA) is 38.3 Å². The van der Waals surface area contributed by atoms with Crippen LogP contribution in [0.5, 0.6) is 0 Å². The van der Waals surface area contributed by atoms with Gasteiger partial charge in [0.05, 0.1) is 19.6 Å². The van der Waals surface area contributed by atoms with Crippen molar-refractivity contribution in [2.75, 3.05) is 13.7 Å². The molecule has 0 saturated carbocycles. The van der Waals surface area contributed by atoms with E-state index in [2.05, 4.69) is 10.1 Å². The summed E-state index contributed by atoms with van der Waals surface area (Å²) in [6, 6.07) is -0.566. The quantitative estimate of drug-likeness (QED) is 0.716. The van der Waals surface area contributed by atoms with Gasteiger partial charge in [0.15, 0.2) is 0 Å². The highest BCUT2D eigenvalue weighted by atomic mass is 19.4. The molecule has 0 aromatic rings. The van der Waals surface area contributed by atoms with Gasteiger partial charge in [-0.1, -0.05) is 6.92 Å². The van der Waals surface area contributed by atoms with Gasteiger partial charge in [-0.05, 0) is 6.92 Å². The van der Waals surface area contributed by atoms with Crippen LogP contribution < -0.4 is 5.32 Å². The zero-order valence-electron chi connectivity index (χ0n) is 8.31. The zero-order chi connectivity index (χ0) is 11.4. The number of carbonyl (C=O) groups is 1. The number of carbonyl (C=O) groups excluding carboxylic acids is 1. The van der Waals surface area contributed by atoms with Crippen LogP contribution in [0, 0.1) is 5.92 Å². The van der Waals surface area contributed by atoms with E-state index in [1.807, 2.05) is 0 Å². The number of ether oxygens (including phenoxy) is 1. The number of alkyl halides is 3. The Morgan fingerprint density at radius 2 is 1.93 bits per heavy atom. The molecule has 0 spiro atoms. The van der Waals surface area contributed by atoms with Gasteiger partial charge in [-0.2, -0.15) is 13.2 Å². The second-order valence-electron chi connectivity index (χ2n) is 3.10. The highest BCUT2D eigenvalue weighted by molar-refractivity contribution is 5.72. The molecule has 1 N–H and O–H groups in total. The van der Waals surface area contributed by atoms with E-state index in [9.17, 15) is 18.0 Å². The lowest BCUT2D eigenvalue weighted by atomic mass is 10.0. The Bertz CT molecular complexity index is 194. The predicted octanol–water partition coefficient (Wildman–Crippen LogP) is 1.34. The first-order valence-corrected chi connectivity index (χ1v) is 4.16. The van der Waals surface area contributed by atoms with Crippen molar-refractivity contribution < 1.29 is 22.7 Å². The molecule has 6 heteroatoms. The van der Waals surface area contributed by atoms with Gasteiger partial charge in [-0.15, -0.1) is 0 Å². The van der Waals surface area contributed by atoms with Crippen LogP contribution in [0.4, 0.5) is 13.2 Å². The number of rotatable bonds is 4. The van der Waals surface area contributed by atoms with Crippen molar-refractivity contribution >= 4 is 5.97 Å². The standard InChI is InChI=1S/C8H14F3NO2/c1-5(7(13)14-3)6(2)12-4-8(9,10)11/h5-6,12H,4H2,1-3H3. The first kappa shape index (κ1) is 13.2. The van der Waals surface area contributed by atoms with Gasteiger partial charge in [0.1, 0.15) is 0 Å². The molecule has 0 saturated heterocycles. The van der Waals surface area contributed by atoms with E-state index in [4.69, 9.17) is 0 Å². The minimum absolute atomic E-state index is 0.521. The molecule has 84 valence electrons. The number of hydrogen-bond donors (Lipinski definition) is 1. The molecule has 0 bridgehead atoms. The van der Waals surface area contributed by atoms with E-state index in [0.29, 0.717) is 0 Å². The largest absolute Gasteiger partial charge is 0.469 e. The van der Waals surface area contributed by atoms with Crippen molar-refractivity contribution in [2.24, 2.45) is 5.92 Å². The third-order valence-corrected chi connectivity index (χ3v) is 1.95. The van der Waals surface area contributed by atoms with Crippen molar-refractivity contribution in [1.82, 2.24) is 5.32 Å². The lowest BCUT2D eigenvalue weighted by molar-refractivity contribution is -0.147. The zero-order valence-corrected chi connectivity index (χ0v) is 8.31. The number of hydrogen-bond acceptors (Lipinski definition) is 3. The van der Waals surface area contributed by atoms with Crippen LogP contribution in [0.1, 0.15) is 13.8 Å². The van der Waals surface area contributed by atoms with Crippen LogP contribution >= 0.6 is 0 Å². The number of halogens is 3. The summed E-state index contributed by atoms with van der Waals surface area (Å²) in [4.78, 5) is 10.9. The Hall–Kier alpha value is -0.780. The predicted molar refractivity (Wildman–Crippen MR) is 44.7 cm³/mol. The highest BCUT2D eigenvalue weighted by Crippen LogP contribution is 2.14. The summed E-state index contributed by atoms with van der Waals surface area (Å²) in [5, 5.41) is 2.21. The second-order valence-corrected chi connectivity index (χ2v) is 3.10. The van der Waals surface area contributed by atoms with E-state index < -0.39 is 30.7 Å². The summed E-state index contributed by atoms with van der Waals surface area (Å²) in [5.41, 5.74) is 0. The van der Waals surface area contributed by atoms with Crippen LogP contribution in [0.2, 0.25) is 0 Å². The molecule has 14 heavy (non-hydrogen) atoms.